The van der Waals surface area contributed by atoms with Gasteiger partial charge in [-0.1, -0.05) is 18.2 Å². The van der Waals surface area contributed by atoms with Crippen molar-refractivity contribution < 1.29 is 14.3 Å². The molecule has 1 aromatic heterocycles. The van der Waals surface area contributed by atoms with E-state index in [1.54, 1.807) is 19.2 Å². The van der Waals surface area contributed by atoms with Gasteiger partial charge in [-0.15, -0.1) is 11.3 Å². The Bertz CT molecular complexity index is 810. The number of para-hydroxylation sites is 1. The molecule has 4 nitrogen and oxygen atoms in total. The Morgan fingerprint density at radius 3 is 2.35 bits per heavy atom. The summed E-state index contributed by atoms with van der Waals surface area (Å²) in [5.41, 5.74) is 1.61. The number of methoxy groups -OCH3 is 1. The first-order chi connectivity index (χ1) is 11.2. The van der Waals surface area contributed by atoms with E-state index in [9.17, 15) is 4.79 Å². The van der Waals surface area contributed by atoms with Crippen LogP contribution in [0.5, 0.6) is 11.5 Å². The zero-order valence-corrected chi connectivity index (χ0v) is 13.6. The number of hydrogen-bond donors (Lipinski definition) is 0. The maximum Gasteiger partial charge on any atom is 0.355 e. The largest absolute Gasteiger partial charge is 0.497 e. The van der Waals surface area contributed by atoms with Crippen LogP contribution in [0, 0.1) is 6.92 Å². The van der Waals surface area contributed by atoms with E-state index in [1.807, 2.05) is 49.4 Å². The average Bonchev–Trinajstić information content (AvgIpc) is 2.98. The van der Waals surface area contributed by atoms with Gasteiger partial charge in [-0.2, -0.15) is 0 Å². The molecule has 5 heteroatoms. The third-order valence-electron chi connectivity index (χ3n) is 3.27. The van der Waals surface area contributed by atoms with Crippen molar-refractivity contribution in [2.75, 3.05) is 7.11 Å². The summed E-state index contributed by atoms with van der Waals surface area (Å²) in [5.74, 6) is 0.924. The van der Waals surface area contributed by atoms with Gasteiger partial charge in [-0.3, -0.25) is 0 Å². The minimum Gasteiger partial charge on any atom is -0.497 e. The number of aryl methyl sites for hydroxylation is 1. The van der Waals surface area contributed by atoms with Crippen LogP contribution in [0.25, 0.3) is 10.6 Å². The van der Waals surface area contributed by atoms with E-state index in [1.165, 1.54) is 11.3 Å². The molecule has 0 atom stereocenters. The number of nitrogens with zero attached hydrogens (tertiary/aromatic N) is 1. The fourth-order valence-corrected chi connectivity index (χ4v) is 3.03. The molecule has 3 aromatic rings. The maximum absolute atomic E-state index is 12.3. The standard InChI is InChI=1S/C18H15NO3S/c1-12-16(18(20)22-15-6-4-3-5-7-15)23-17(19-12)13-8-10-14(21-2)11-9-13/h3-11H,1-2H3. The Morgan fingerprint density at radius 2 is 1.70 bits per heavy atom. The summed E-state index contributed by atoms with van der Waals surface area (Å²) < 4.78 is 10.5. The predicted molar refractivity (Wildman–Crippen MR) is 90.2 cm³/mol. The SMILES string of the molecule is COc1ccc(-c2nc(C)c(C(=O)Oc3ccccc3)s2)cc1. The molecule has 0 amide bonds. The minimum absolute atomic E-state index is 0.383. The Balaban J connectivity index is 1.84. The van der Waals surface area contributed by atoms with Crippen LogP contribution in [0.4, 0.5) is 0 Å². The molecule has 0 bridgehead atoms. The van der Waals surface area contributed by atoms with Gasteiger partial charge in [-0.05, 0) is 43.3 Å². The molecule has 0 spiro atoms. The molecule has 0 saturated heterocycles. The molecular weight excluding hydrogens is 310 g/mol. The van der Waals surface area contributed by atoms with Crippen LogP contribution in [-0.2, 0) is 0 Å². The molecule has 0 aliphatic heterocycles. The lowest BCUT2D eigenvalue weighted by Crippen LogP contribution is -2.07. The van der Waals surface area contributed by atoms with Crippen LogP contribution in [0.3, 0.4) is 0 Å². The van der Waals surface area contributed by atoms with Crippen molar-refractivity contribution in [3.05, 3.63) is 65.2 Å². The van der Waals surface area contributed by atoms with E-state index >= 15 is 0 Å². The van der Waals surface area contributed by atoms with Crippen LogP contribution in [0.2, 0.25) is 0 Å². The van der Waals surface area contributed by atoms with Gasteiger partial charge in [0.2, 0.25) is 0 Å². The summed E-state index contributed by atoms with van der Waals surface area (Å²) in [6.07, 6.45) is 0. The molecule has 116 valence electrons. The first-order valence-electron chi connectivity index (χ1n) is 7.06. The van der Waals surface area contributed by atoms with Gasteiger partial charge in [0.15, 0.2) is 0 Å². The normalized spacial score (nSPS) is 10.3. The Hall–Kier alpha value is -2.66. The van der Waals surface area contributed by atoms with Gasteiger partial charge < -0.3 is 9.47 Å². The van der Waals surface area contributed by atoms with Crippen LogP contribution < -0.4 is 9.47 Å². The van der Waals surface area contributed by atoms with Gasteiger partial charge in [0.25, 0.3) is 0 Å². The third kappa shape index (κ3) is 3.40. The highest BCUT2D eigenvalue weighted by Gasteiger charge is 2.18. The van der Waals surface area contributed by atoms with Crippen LogP contribution in [-0.4, -0.2) is 18.1 Å². The highest BCUT2D eigenvalue weighted by Crippen LogP contribution is 2.30. The second kappa shape index (κ2) is 6.62. The summed E-state index contributed by atoms with van der Waals surface area (Å²) in [6.45, 7) is 1.81. The fraction of sp³-hybridized carbons (Fsp3) is 0.111. The number of carbonyl (C=O) groups excluding carboxylic acids is 1. The molecule has 0 fully saturated rings. The van der Waals surface area contributed by atoms with Gasteiger partial charge in [0.1, 0.15) is 21.4 Å². The van der Waals surface area contributed by atoms with Crippen molar-refractivity contribution in [1.29, 1.82) is 0 Å². The number of rotatable bonds is 4. The van der Waals surface area contributed by atoms with Crippen molar-refractivity contribution in [2.45, 2.75) is 6.92 Å². The van der Waals surface area contributed by atoms with E-state index in [-0.39, 0.29) is 5.97 Å². The summed E-state index contributed by atoms with van der Waals surface area (Å²) in [4.78, 5) is 17.3. The van der Waals surface area contributed by atoms with Crippen LogP contribution >= 0.6 is 11.3 Å². The van der Waals surface area contributed by atoms with Gasteiger partial charge >= 0.3 is 5.97 Å². The average molecular weight is 325 g/mol. The summed E-state index contributed by atoms with van der Waals surface area (Å²) in [6, 6.07) is 16.6. The molecule has 0 radical (unpaired) electrons. The molecule has 1 heterocycles. The van der Waals surface area contributed by atoms with Crippen molar-refractivity contribution in [1.82, 2.24) is 4.98 Å². The second-order valence-electron chi connectivity index (χ2n) is 4.86. The van der Waals surface area contributed by atoms with Crippen molar-refractivity contribution in [3.63, 3.8) is 0 Å². The number of carbonyl (C=O) groups is 1. The number of hydrogen-bond acceptors (Lipinski definition) is 5. The quantitative estimate of drug-likeness (QED) is 0.529. The summed E-state index contributed by atoms with van der Waals surface area (Å²) in [7, 11) is 1.63. The van der Waals surface area contributed by atoms with Crippen molar-refractivity contribution >= 4 is 17.3 Å². The first-order valence-corrected chi connectivity index (χ1v) is 7.88. The molecule has 3 rings (SSSR count). The highest BCUT2D eigenvalue weighted by atomic mass is 32.1. The lowest BCUT2D eigenvalue weighted by atomic mass is 10.2. The van der Waals surface area contributed by atoms with Crippen LogP contribution in [0.1, 0.15) is 15.4 Å². The molecule has 23 heavy (non-hydrogen) atoms. The predicted octanol–water partition coefficient (Wildman–Crippen LogP) is 4.35. The Kier molecular flexibility index (Phi) is 4.39. The third-order valence-corrected chi connectivity index (χ3v) is 4.46. The number of ether oxygens (including phenoxy) is 2. The monoisotopic (exact) mass is 325 g/mol. The zero-order chi connectivity index (χ0) is 16.2. The molecule has 0 aliphatic carbocycles. The van der Waals surface area contributed by atoms with E-state index in [4.69, 9.17) is 9.47 Å². The van der Waals surface area contributed by atoms with Crippen LogP contribution in [0.15, 0.2) is 54.6 Å². The fourth-order valence-electron chi connectivity index (χ4n) is 2.08. The highest BCUT2D eigenvalue weighted by molar-refractivity contribution is 7.17. The number of aromatic nitrogens is 1. The maximum atomic E-state index is 12.3. The molecule has 2 aromatic carbocycles. The van der Waals surface area contributed by atoms with Crippen molar-refractivity contribution in [2.24, 2.45) is 0 Å². The topological polar surface area (TPSA) is 48.4 Å². The van der Waals surface area contributed by atoms with E-state index in [0.717, 1.165) is 16.3 Å². The van der Waals surface area contributed by atoms with Gasteiger partial charge in [0, 0.05) is 5.56 Å². The molecule has 0 saturated carbocycles. The number of thiazole rings is 1. The molecular formula is C18H15NO3S. The molecule has 0 N–H and O–H groups in total. The minimum atomic E-state index is -0.383. The number of benzene rings is 2. The van der Waals surface area contributed by atoms with Gasteiger partial charge in [0.05, 0.1) is 12.8 Å². The zero-order valence-electron chi connectivity index (χ0n) is 12.8. The summed E-state index contributed by atoms with van der Waals surface area (Å²) >= 11 is 1.33. The number of esters is 1. The Morgan fingerprint density at radius 1 is 1.00 bits per heavy atom. The van der Waals surface area contributed by atoms with E-state index in [0.29, 0.717) is 16.3 Å². The lowest BCUT2D eigenvalue weighted by Gasteiger charge is -2.02. The van der Waals surface area contributed by atoms with Crippen molar-refractivity contribution in [3.8, 4) is 22.1 Å². The van der Waals surface area contributed by atoms with E-state index in [2.05, 4.69) is 4.98 Å². The second-order valence-corrected chi connectivity index (χ2v) is 5.86. The van der Waals surface area contributed by atoms with E-state index < -0.39 is 0 Å². The molecule has 0 unspecified atom stereocenters. The van der Waals surface area contributed by atoms with Gasteiger partial charge in [-0.25, -0.2) is 9.78 Å². The smallest absolute Gasteiger partial charge is 0.355 e. The lowest BCUT2D eigenvalue weighted by molar-refractivity contribution is 0.0739. The Labute approximate surface area is 138 Å². The summed E-state index contributed by atoms with van der Waals surface area (Å²) in [5, 5.41) is 0.783. The molecule has 0 aliphatic rings. The first kappa shape index (κ1) is 15.2.